The molecule has 0 aliphatic carbocycles. The van der Waals surface area contributed by atoms with Gasteiger partial charge in [-0.3, -0.25) is 9.59 Å². The van der Waals surface area contributed by atoms with Crippen LogP contribution in [0.1, 0.15) is 30.9 Å². The largest absolute Gasteiger partial charge is 0.325 e. The second kappa shape index (κ2) is 8.55. The quantitative estimate of drug-likeness (QED) is 0.776. The first-order valence-corrected chi connectivity index (χ1v) is 11.4. The molecular weight excluding hydrogens is 412 g/mol. The van der Waals surface area contributed by atoms with Crippen LogP contribution in [0.5, 0.6) is 0 Å². The summed E-state index contributed by atoms with van der Waals surface area (Å²) in [6.45, 7) is 4.02. The second-order valence-electron chi connectivity index (χ2n) is 7.17. The maximum Gasteiger partial charge on any atom is 0.225 e. The smallest absolute Gasteiger partial charge is 0.225 e. The van der Waals surface area contributed by atoms with Crippen LogP contribution in [0.3, 0.4) is 0 Å². The first-order valence-electron chi connectivity index (χ1n) is 9.37. The average Bonchev–Trinajstić information content (AvgIpc) is 2.67. The minimum atomic E-state index is -3.63. The molecule has 0 spiro atoms. The Morgan fingerprint density at radius 2 is 1.93 bits per heavy atom. The Kier molecular flexibility index (Phi) is 6.29. The summed E-state index contributed by atoms with van der Waals surface area (Å²) < 4.78 is 25.4. The van der Waals surface area contributed by atoms with Crippen molar-refractivity contribution in [1.82, 2.24) is 0 Å². The molecule has 0 fully saturated rings. The van der Waals surface area contributed by atoms with Gasteiger partial charge in [0.1, 0.15) is 0 Å². The summed E-state index contributed by atoms with van der Waals surface area (Å²) >= 11 is 6.10. The van der Waals surface area contributed by atoms with E-state index in [1.165, 1.54) is 13.0 Å². The van der Waals surface area contributed by atoms with E-state index in [0.717, 1.165) is 29.7 Å². The number of aryl methyl sites for hydroxylation is 2. The van der Waals surface area contributed by atoms with E-state index in [2.05, 4.69) is 5.32 Å². The molecule has 0 radical (unpaired) electrons. The van der Waals surface area contributed by atoms with Gasteiger partial charge in [0.2, 0.25) is 11.8 Å². The van der Waals surface area contributed by atoms with E-state index in [1.807, 2.05) is 13.0 Å². The second-order valence-corrected chi connectivity index (χ2v) is 9.68. The summed E-state index contributed by atoms with van der Waals surface area (Å²) in [6.07, 6.45) is 1.33. The van der Waals surface area contributed by atoms with Gasteiger partial charge in [-0.25, -0.2) is 8.42 Å². The molecule has 2 aromatic rings. The summed E-state index contributed by atoms with van der Waals surface area (Å²) in [4.78, 5) is 25.8. The maximum atomic E-state index is 12.7. The number of nitrogens with one attached hydrogen (secondary N) is 1. The Morgan fingerprint density at radius 1 is 1.17 bits per heavy atom. The van der Waals surface area contributed by atoms with Crippen LogP contribution in [-0.2, 0) is 25.8 Å². The van der Waals surface area contributed by atoms with Crippen molar-refractivity contribution in [2.24, 2.45) is 0 Å². The molecule has 0 bridgehead atoms. The van der Waals surface area contributed by atoms with E-state index in [-0.39, 0.29) is 23.0 Å². The van der Waals surface area contributed by atoms with Crippen LogP contribution in [0.15, 0.2) is 41.3 Å². The number of hydrogen-bond acceptors (Lipinski definition) is 4. The average molecular weight is 435 g/mol. The first-order chi connectivity index (χ1) is 13.7. The third kappa shape index (κ3) is 4.97. The van der Waals surface area contributed by atoms with Gasteiger partial charge in [0.05, 0.1) is 21.4 Å². The normalized spacial score (nSPS) is 13.7. The van der Waals surface area contributed by atoms with Crippen molar-refractivity contribution >= 4 is 44.6 Å². The van der Waals surface area contributed by atoms with Crippen LogP contribution >= 0.6 is 11.6 Å². The van der Waals surface area contributed by atoms with Gasteiger partial charge >= 0.3 is 0 Å². The molecule has 1 heterocycles. The molecule has 0 unspecified atom stereocenters. The van der Waals surface area contributed by atoms with Crippen LogP contribution < -0.4 is 10.2 Å². The van der Waals surface area contributed by atoms with E-state index in [0.29, 0.717) is 17.3 Å². The third-order valence-corrected chi connectivity index (χ3v) is 6.93. The number of carbonyl (C=O) groups excluding carboxylic acids is 2. The first kappa shape index (κ1) is 21.3. The lowest BCUT2D eigenvalue weighted by molar-refractivity contribution is -0.117. The van der Waals surface area contributed by atoms with Crippen molar-refractivity contribution in [3.8, 4) is 0 Å². The van der Waals surface area contributed by atoms with Gasteiger partial charge in [-0.05, 0) is 61.2 Å². The number of hydrogen-bond donors (Lipinski definition) is 1. The highest BCUT2D eigenvalue weighted by Crippen LogP contribution is 2.30. The summed E-state index contributed by atoms with van der Waals surface area (Å²) in [7, 11) is -3.63. The number of benzene rings is 2. The lowest BCUT2D eigenvalue weighted by Crippen LogP contribution is -2.33. The summed E-state index contributed by atoms with van der Waals surface area (Å²) in [5.41, 5.74) is 3.02. The van der Waals surface area contributed by atoms with Gasteiger partial charge < -0.3 is 10.2 Å². The van der Waals surface area contributed by atoms with Crippen LogP contribution in [0.25, 0.3) is 0 Å². The lowest BCUT2D eigenvalue weighted by atomic mass is 10.0. The fourth-order valence-corrected chi connectivity index (χ4v) is 4.94. The molecule has 1 aliphatic heterocycles. The van der Waals surface area contributed by atoms with Crippen molar-refractivity contribution in [2.75, 3.05) is 22.5 Å². The Morgan fingerprint density at radius 3 is 2.62 bits per heavy atom. The zero-order valence-electron chi connectivity index (χ0n) is 16.4. The SMILES string of the molecule is CC(=O)N1CCCc2cc(S(=O)(=O)CCC(=O)Nc3ccc(C)cc3Cl)ccc21. The number of halogens is 1. The molecule has 29 heavy (non-hydrogen) atoms. The number of fused-ring (bicyclic) bond motifs is 1. The minimum absolute atomic E-state index is 0.0620. The molecule has 154 valence electrons. The van der Waals surface area contributed by atoms with Crippen molar-refractivity contribution in [2.45, 2.75) is 38.0 Å². The van der Waals surface area contributed by atoms with Gasteiger partial charge in [-0.15, -0.1) is 0 Å². The summed E-state index contributed by atoms with van der Waals surface area (Å²) in [5, 5.41) is 3.06. The fraction of sp³-hybridized carbons (Fsp3) is 0.333. The van der Waals surface area contributed by atoms with Gasteiger partial charge in [0.15, 0.2) is 9.84 Å². The van der Waals surface area contributed by atoms with Crippen LogP contribution in [-0.4, -0.2) is 32.5 Å². The summed E-state index contributed by atoms with van der Waals surface area (Å²) in [5.74, 6) is -0.787. The molecule has 1 N–H and O–H groups in total. The van der Waals surface area contributed by atoms with Crippen molar-refractivity contribution in [1.29, 1.82) is 0 Å². The van der Waals surface area contributed by atoms with E-state index in [1.54, 1.807) is 29.2 Å². The van der Waals surface area contributed by atoms with E-state index >= 15 is 0 Å². The molecule has 2 aromatic carbocycles. The molecule has 0 saturated heterocycles. The van der Waals surface area contributed by atoms with E-state index < -0.39 is 15.7 Å². The van der Waals surface area contributed by atoms with Gasteiger partial charge in [0.25, 0.3) is 0 Å². The molecule has 0 atom stereocenters. The topological polar surface area (TPSA) is 83.6 Å². The molecule has 2 amide bonds. The molecule has 0 aromatic heterocycles. The highest BCUT2D eigenvalue weighted by molar-refractivity contribution is 7.91. The number of sulfone groups is 1. The zero-order valence-corrected chi connectivity index (χ0v) is 17.9. The summed E-state index contributed by atoms with van der Waals surface area (Å²) in [6, 6.07) is 10.0. The molecule has 1 aliphatic rings. The van der Waals surface area contributed by atoms with Crippen LogP contribution in [0.4, 0.5) is 11.4 Å². The molecule has 0 saturated carbocycles. The fourth-order valence-electron chi connectivity index (χ4n) is 3.37. The standard InChI is InChI=1S/C21H23ClN2O4S/c1-14-5-7-19(18(22)12-14)23-21(26)9-11-29(27,28)17-6-8-20-16(13-17)4-3-10-24(20)15(2)25/h5-8,12-13H,3-4,9-11H2,1-2H3,(H,23,26). The Bertz CT molecular complexity index is 1070. The molecule has 6 nitrogen and oxygen atoms in total. The molecular formula is C21H23ClN2O4S. The number of anilines is 2. The van der Waals surface area contributed by atoms with E-state index in [9.17, 15) is 18.0 Å². The van der Waals surface area contributed by atoms with Crippen molar-refractivity contribution in [3.63, 3.8) is 0 Å². The number of nitrogens with zero attached hydrogens (tertiary/aromatic N) is 1. The van der Waals surface area contributed by atoms with Gasteiger partial charge in [0, 0.05) is 25.6 Å². The monoisotopic (exact) mass is 434 g/mol. The lowest BCUT2D eigenvalue weighted by Gasteiger charge is -2.28. The number of carbonyl (C=O) groups is 2. The highest BCUT2D eigenvalue weighted by atomic mass is 35.5. The van der Waals surface area contributed by atoms with Gasteiger partial charge in [-0.1, -0.05) is 17.7 Å². The van der Waals surface area contributed by atoms with Crippen LogP contribution in [0, 0.1) is 6.92 Å². The van der Waals surface area contributed by atoms with E-state index in [4.69, 9.17) is 11.6 Å². The highest BCUT2D eigenvalue weighted by Gasteiger charge is 2.23. The minimum Gasteiger partial charge on any atom is -0.325 e. The third-order valence-electron chi connectivity index (χ3n) is 4.91. The predicted molar refractivity (Wildman–Crippen MR) is 114 cm³/mol. The zero-order chi connectivity index (χ0) is 21.2. The molecule has 8 heteroatoms. The van der Waals surface area contributed by atoms with Crippen molar-refractivity contribution < 1.29 is 18.0 Å². The predicted octanol–water partition coefficient (Wildman–Crippen LogP) is 3.75. The van der Waals surface area contributed by atoms with Gasteiger partial charge in [-0.2, -0.15) is 0 Å². The van der Waals surface area contributed by atoms with Crippen LogP contribution in [0.2, 0.25) is 5.02 Å². The maximum absolute atomic E-state index is 12.7. The Labute approximate surface area is 175 Å². The number of amides is 2. The Balaban J connectivity index is 1.69. The Hall–Kier alpha value is -2.38. The van der Waals surface area contributed by atoms with Crippen molar-refractivity contribution in [3.05, 3.63) is 52.5 Å². The number of rotatable bonds is 5. The molecule has 3 rings (SSSR count).